The van der Waals surface area contributed by atoms with Gasteiger partial charge in [-0.05, 0) is 89.3 Å². The molecule has 0 bridgehead atoms. The Hall–Kier alpha value is -1.14. The van der Waals surface area contributed by atoms with Gasteiger partial charge < -0.3 is 19.5 Å². The van der Waals surface area contributed by atoms with E-state index in [0.717, 1.165) is 71.0 Å². The maximum Gasteiger partial charge on any atom is 0.305 e. The summed E-state index contributed by atoms with van der Waals surface area (Å²) in [7, 11) is 0. The molecular weight excluding hydrogens is 574 g/mol. The second kappa shape index (κ2) is 35.2. The van der Waals surface area contributed by atoms with Crippen molar-refractivity contribution in [2.75, 3.05) is 39.5 Å². The summed E-state index contributed by atoms with van der Waals surface area (Å²) >= 11 is 0. The number of aliphatic hydroxyl groups is 1. The number of carbonyl (C=O) groups excluding carboxylic acids is 2. The van der Waals surface area contributed by atoms with Gasteiger partial charge in [-0.3, -0.25) is 9.59 Å². The first-order chi connectivity index (χ1) is 22.5. The number of aliphatic hydroxyl groups excluding tert-OH is 1. The highest BCUT2D eigenvalue weighted by atomic mass is 16.5. The molecule has 2 unspecified atom stereocenters. The summed E-state index contributed by atoms with van der Waals surface area (Å²) in [5.74, 6) is 1.02. The van der Waals surface area contributed by atoms with Crippen molar-refractivity contribution in [1.29, 1.82) is 0 Å². The molecule has 6 heteroatoms. The quantitative estimate of drug-likeness (QED) is 0.0536. The molecule has 0 rings (SSSR count). The van der Waals surface area contributed by atoms with Crippen LogP contribution in [0.25, 0.3) is 0 Å². The van der Waals surface area contributed by atoms with Crippen LogP contribution in [-0.2, 0) is 19.1 Å². The lowest BCUT2D eigenvalue weighted by molar-refractivity contribution is -0.146. The highest BCUT2D eigenvalue weighted by Crippen LogP contribution is 2.19. The standard InChI is InChI=1S/C40H79NO5/c1-5-9-12-19-28-38(27-11-7-3)36-46-40(44)30-21-16-14-18-23-32-41(33-24-25-34-42)31-22-17-13-15-20-29-39(43)45-35-37(8-4)26-10-6-2/h37-38,42H,5-36H2,1-4H3. The lowest BCUT2D eigenvalue weighted by Gasteiger charge is -2.22. The molecule has 6 nitrogen and oxygen atoms in total. The minimum Gasteiger partial charge on any atom is -0.465 e. The van der Waals surface area contributed by atoms with Crippen molar-refractivity contribution in [1.82, 2.24) is 4.90 Å². The Bertz CT molecular complexity index is 658. The Balaban J connectivity index is 4.01. The van der Waals surface area contributed by atoms with Crippen LogP contribution in [0, 0.1) is 11.8 Å². The second-order valence-electron chi connectivity index (χ2n) is 13.9. The zero-order valence-corrected chi connectivity index (χ0v) is 31.3. The van der Waals surface area contributed by atoms with Crippen molar-refractivity contribution in [2.45, 2.75) is 195 Å². The van der Waals surface area contributed by atoms with Gasteiger partial charge in [0.2, 0.25) is 0 Å². The number of unbranched alkanes of at least 4 members (excludes halogenated alkanes) is 14. The number of ether oxygens (including phenoxy) is 2. The molecule has 0 saturated heterocycles. The Morgan fingerprint density at radius 1 is 0.500 bits per heavy atom. The summed E-state index contributed by atoms with van der Waals surface area (Å²) in [5.41, 5.74) is 0. The van der Waals surface area contributed by atoms with Crippen LogP contribution in [0.5, 0.6) is 0 Å². The summed E-state index contributed by atoms with van der Waals surface area (Å²) < 4.78 is 11.2. The van der Waals surface area contributed by atoms with E-state index in [0.29, 0.717) is 37.9 Å². The Kier molecular flexibility index (Phi) is 34.3. The van der Waals surface area contributed by atoms with Crippen molar-refractivity contribution in [3.05, 3.63) is 0 Å². The van der Waals surface area contributed by atoms with Crippen molar-refractivity contribution >= 4 is 11.9 Å². The van der Waals surface area contributed by atoms with Gasteiger partial charge in [-0.2, -0.15) is 0 Å². The first-order valence-electron chi connectivity index (χ1n) is 20.1. The lowest BCUT2D eigenvalue weighted by atomic mass is 9.96. The average molecular weight is 654 g/mol. The fourth-order valence-corrected chi connectivity index (χ4v) is 6.18. The summed E-state index contributed by atoms with van der Waals surface area (Å²) in [6, 6.07) is 0. The lowest BCUT2D eigenvalue weighted by Crippen LogP contribution is -2.27. The molecule has 0 aliphatic rings. The molecule has 0 heterocycles. The fraction of sp³-hybridized carbons (Fsp3) is 0.950. The first kappa shape index (κ1) is 44.9. The van der Waals surface area contributed by atoms with Gasteiger partial charge in [-0.15, -0.1) is 0 Å². The molecule has 0 aromatic heterocycles. The van der Waals surface area contributed by atoms with Crippen LogP contribution in [0.4, 0.5) is 0 Å². The maximum atomic E-state index is 12.3. The molecule has 1 N–H and O–H groups in total. The largest absolute Gasteiger partial charge is 0.465 e. The van der Waals surface area contributed by atoms with E-state index in [1.165, 1.54) is 103 Å². The minimum absolute atomic E-state index is 0.00651. The van der Waals surface area contributed by atoms with Crippen LogP contribution in [0.3, 0.4) is 0 Å². The van der Waals surface area contributed by atoms with Crippen molar-refractivity contribution in [3.8, 4) is 0 Å². The Morgan fingerprint density at radius 3 is 1.41 bits per heavy atom. The van der Waals surface area contributed by atoms with E-state index in [1.54, 1.807) is 0 Å². The number of rotatable bonds is 36. The molecule has 0 aromatic carbocycles. The molecule has 0 amide bonds. The third-order valence-corrected chi connectivity index (χ3v) is 9.53. The van der Waals surface area contributed by atoms with Gasteiger partial charge >= 0.3 is 11.9 Å². The molecule has 274 valence electrons. The van der Waals surface area contributed by atoms with Gasteiger partial charge in [0.25, 0.3) is 0 Å². The fourth-order valence-electron chi connectivity index (χ4n) is 6.18. The topological polar surface area (TPSA) is 76.1 Å². The van der Waals surface area contributed by atoms with E-state index in [-0.39, 0.29) is 18.5 Å². The van der Waals surface area contributed by atoms with Crippen molar-refractivity contribution in [2.24, 2.45) is 11.8 Å². The molecule has 2 atom stereocenters. The zero-order valence-electron chi connectivity index (χ0n) is 31.3. The highest BCUT2D eigenvalue weighted by molar-refractivity contribution is 5.69. The van der Waals surface area contributed by atoms with E-state index in [2.05, 4.69) is 32.6 Å². The number of hydrogen-bond acceptors (Lipinski definition) is 6. The molecule has 0 aliphatic heterocycles. The minimum atomic E-state index is -0.0237. The molecular formula is C40H79NO5. The summed E-state index contributed by atoms with van der Waals surface area (Å²) in [5, 5.41) is 9.22. The Labute approximate surface area is 286 Å². The number of hydrogen-bond donors (Lipinski definition) is 1. The van der Waals surface area contributed by atoms with Gasteiger partial charge in [0.15, 0.2) is 0 Å². The van der Waals surface area contributed by atoms with Gasteiger partial charge in [0, 0.05) is 19.4 Å². The summed E-state index contributed by atoms with van der Waals surface area (Å²) in [6.45, 7) is 13.7. The third-order valence-electron chi connectivity index (χ3n) is 9.53. The van der Waals surface area contributed by atoms with Crippen LogP contribution in [-0.4, -0.2) is 61.4 Å². The zero-order chi connectivity index (χ0) is 33.9. The molecule has 0 aliphatic carbocycles. The van der Waals surface area contributed by atoms with Crippen LogP contribution in [0.15, 0.2) is 0 Å². The Morgan fingerprint density at radius 2 is 0.913 bits per heavy atom. The van der Waals surface area contributed by atoms with Gasteiger partial charge in [0.05, 0.1) is 13.2 Å². The number of nitrogens with zero attached hydrogens (tertiary/aromatic N) is 1. The number of carbonyl (C=O) groups is 2. The second-order valence-corrected chi connectivity index (χ2v) is 13.9. The van der Waals surface area contributed by atoms with E-state index in [1.807, 2.05) is 0 Å². The highest BCUT2D eigenvalue weighted by Gasteiger charge is 2.13. The van der Waals surface area contributed by atoms with Gasteiger partial charge in [-0.25, -0.2) is 0 Å². The molecule has 0 saturated carbocycles. The third kappa shape index (κ3) is 30.2. The SMILES string of the molecule is CCCCCCC(CCCC)COC(=O)CCCCCCCN(CCCCO)CCCCCCCC(=O)OCC(CC)CCCC. The first-order valence-corrected chi connectivity index (χ1v) is 20.1. The molecule has 0 aromatic rings. The number of esters is 2. The normalized spacial score (nSPS) is 12.8. The van der Waals surface area contributed by atoms with E-state index in [4.69, 9.17) is 9.47 Å². The molecule has 0 spiro atoms. The molecule has 0 fully saturated rings. The monoisotopic (exact) mass is 654 g/mol. The predicted octanol–water partition coefficient (Wildman–Crippen LogP) is 10.8. The van der Waals surface area contributed by atoms with E-state index < -0.39 is 0 Å². The summed E-state index contributed by atoms with van der Waals surface area (Å²) in [6.07, 6.45) is 28.9. The van der Waals surface area contributed by atoms with E-state index in [9.17, 15) is 14.7 Å². The maximum absolute atomic E-state index is 12.3. The smallest absolute Gasteiger partial charge is 0.305 e. The molecule has 46 heavy (non-hydrogen) atoms. The molecule has 0 radical (unpaired) electrons. The predicted molar refractivity (Wildman–Crippen MR) is 195 cm³/mol. The van der Waals surface area contributed by atoms with Crippen LogP contribution in [0.2, 0.25) is 0 Å². The van der Waals surface area contributed by atoms with Crippen molar-refractivity contribution in [3.63, 3.8) is 0 Å². The van der Waals surface area contributed by atoms with Gasteiger partial charge in [0.1, 0.15) is 0 Å². The van der Waals surface area contributed by atoms with Crippen LogP contribution in [0.1, 0.15) is 195 Å². The van der Waals surface area contributed by atoms with Crippen LogP contribution >= 0.6 is 0 Å². The average Bonchev–Trinajstić information content (AvgIpc) is 3.06. The van der Waals surface area contributed by atoms with Gasteiger partial charge in [-0.1, -0.05) is 124 Å². The van der Waals surface area contributed by atoms with Crippen molar-refractivity contribution < 1.29 is 24.2 Å². The summed E-state index contributed by atoms with van der Waals surface area (Å²) in [4.78, 5) is 27.0. The van der Waals surface area contributed by atoms with Crippen LogP contribution < -0.4 is 0 Å². The van der Waals surface area contributed by atoms with E-state index >= 15 is 0 Å².